The fourth-order valence-electron chi connectivity index (χ4n) is 2.14. The average Bonchev–Trinajstić information content (AvgIpc) is 3.30. The maximum absolute atomic E-state index is 12.1. The van der Waals surface area contributed by atoms with Crippen LogP contribution < -0.4 is 5.32 Å². The van der Waals surface area contributed by atoms with E-state index in [1.807, 2.05) is 22.2 Å². The van der Waals surface area contributed by atoms with Crippen molar-refractivity contribution in [3.05, 3.63) is 61.8 Å². The Labute approximate surface area is 151 Å². The van der Waals surface area contributed by atoms with E-state index < -0.39 is 10.9 Å². The zero-order valence-electron chi connectivity index (χ0n) is 13.1. The fourth-order valence-corrected chi connectivity index (χ4v) is 3.65. The van der Waals surface area contributed by atoms with E-state index in [0.717, 1.165) is 10.6 Å². The fraction of sp³-hybridized carbons (Fsp3) is 0.125. The van der Waals surface area contributed by atoms with Gasteiger partial charge in [0.2, 0.25) is 0 Å². The molecule has 7 nitrogen and oxygen atoms in total. The quantitative estimate of drug-likeness (QED) is 0.395. The molecule has 2 aromatic heterocycles. The number of aromatic nitrogens is 1. The molecule has 0 bridgehead atoms. The van der Waals surface area contributed by atoms with E-state index in [9.17, 15) is 14.9 Å². The van der Waals surface area contributed by atoms with Gasteiger partial charge in [-0.05, 0) is 23.6 Å². The van der Waals surface area contributed by atoms with Crippen LogP contribution in [0.1, 0.15) is 16.1 Å². The topological polar surface area (TPSA) is 94.4 Å². The van der Waals surface area contributed by atoms with Crippen molar-refractivity contribution < 1.29 is 14.5 Å². The Balaban J connectivity index is 1.69. The number of ether oxygens (including phenoxy) is 1. The summed E-state index contributed by atoms with van der Waals surface area (Å²) >= 11 is 3.06. The highest BCUT2D eigenvalue weighted by atomic mass is 32.1. The molecule has 0 amide bonds. The first-order valence-electron chi connectivity index (χ1n) is 7.19. The van der Waals surface area contributed by atoms with Gasteiger partial charge in [-0.15, -0.1) is 11.3 Å². The van der Waals surface area contributed by atoms with Crippen LogP contribution in [0.15, 0.2) is 40.4 Å². The Kier molecular flexibility index (Phi) is 5.05. The Morgan fingerprint density at radius 2 is 2.20 bits per heavy atom. The van der Waals surface area contributed by atoms with Gasteiger partial charge in [0.1, 0.15) is 17.3 Å². The molecule has 9 heteroatoms. The number of thiophene rings is 1. The van der Waals surface area contributed by atoms with Crippen LogP contribution in [0.5, 0.6) is 0 Å². The van der Waals surface area contributed by atoms with E-state index in [-0.39, 0.29) is 17.9 Å². The molecule has 0 spiro atoms. The number of carbonyl (C=O) groups excluding carboxylic acids is 1. The molecule has 0 aliphatic heterocycles. The van der Waals surface area contributed by atoms with Gasteiger partial charge in [0.25, 0.3) is 5.69 Å². The highest BCUT2D eigenvalue weighted by Gasteiger charge is 2.18. The number of nitrogens with zero attached hydrogens (tertiary/aromatic N) is 2. The number of nitro groups is 1. The van der Waals surface area contributed by atoms with E-state index >= 15 is 0 Å². The Bertz CT molecular complexity index is 906. The standard InChI is InChI=1S/C16H13N3O4S2/c1-17-13-3-2-10(6-14(13)19(21)22)16(20)23-7-12-9-25-15(18-12)11-4-5-24-8-11/h2-6,8-9,17H,7H2,1H3. The number of esters is 1. The summed E-state index contributed by atoms with van der Waals surface area (Å²) in [7, 11) is 1.58. The highest BCUT2D eigenvalue weighted by molar-refractivity contribution is 7.14. The van der Waals surface area contributed by atoms with E-state index in [1.54, 1.807) is 18.4 Å². The van der Waals surface area contributed by atoms with Gasteiger partial charge in [0.05, 0.1) is 16.2 Å². The van der Waals surface area contributed by atoms with Crippen molar-refractivity contribution in [3.63, 3.8) is 0 Å². The smallest absolute Gasteiger partial charge is 0.338 e. The normalized spacial score (nSPS) is 10.4. The lowest BCUT2D eigenvalue weighted by molar-refractivity contribution is -0.384. The molecule has 25 heavy (non-hydrogen) atoms. The number of rotatable bonds is 6. The summed E-state index contributed by atoms with van der Waals surface area (Å²) < 4.78 is 5.22. The summed E-state index contributed by atoms with van der Waals surface area (Å²) in [5, 5.41) is 20.4. The van der Waals surface area contributed by atoms with Gasteiger partial charge in [0.15, 0.2) is 0 Å². The van der Waals surface area contributed by atoms with Gasteiger partial charge in [-0.2, -0.15) is 11.3 Å². The Hall–Kier alpha value is -2.78. The van der Waals surface area contributed by atoms with E-state index in [1.165, 1.54) is 29.5 Å². The Morgan fingerprint density at radius 1 is 1.36 bits per heavy atom. The molecule has 0 saturated heterocycles. The molecule has 3 rings (SSSR count). The van der Waals surface area contributed by atoms with Crippen LogP contribution in [0.4, 0.5) is 11.4 Å². The third kappa shape index (κ3) is 3.83. The van der Waals surface area contributed by atoms with Crippen molar-refractivity contribution in [2.75, 3.05) is 12.4 Å². The van der Waals surface area contributed by atoms with Gasteiger partial charge in [-0.25, -0.2) is 9.78 Å². The van der Waals surface area contributed by atoms with Gasteiger partial charge < -0.3 is 10.1 Å². The van der Waals surface area contributed by atoms with Crippen molar-refractivity contribution >= 4 is 40.0 Å². The molecule has 1 N–H and O–H groups in total. The lowest BCUT2D eigenvalue weighted by Crippen LogP contribution is -2.07. The van der Waals surface area contributed by atoms with Crippen molar-refractivity contribution in [2.45, 2.75) is 6.61 Å². The molecule has 0 atom stereocenters. The zero-order chi connectivity index (χ0) is 17.8. The first-order valence-corrected chi connectivity index (χ1v) is 9.01. The van der Waals surface area contributed by atoms with Crippen LogP contribution >= 0.6 is 22.7 Å². The van der Waals surface area contributed by atoms with Crippen molar-refractivity contribution in [1.29, 1.82) is 0 Å². The minimum atomic E-state index is -0.629. The molecular weight excluding hydrogens is 362 g/mol. The van der Waals surface area contributed by atoms with Gasteiger partial charge in [0, 0.05) is 29.4 Å². The summed E-state index contributed by atoms with van der Waals surface area (Å²) in [6.07, 6.45) is 0. The number of benzene rings is 1. The van der Waals surface area contributed by atoms with Crippen molar-refractivity contribution in [3.8, 4) is 10.6 Å². The molecule has 128 valence electrons. The van der Waals surface area contributed by atoms with E-state index in [0.29, 0.717) is 11.4 Å². The van der Waals surface area contributed by atoms with Gasteiger partial charge >= 0.3 is 5.97 Å². The Morgan fingerprint density at radius 3 is 2.88 bits per heavy atom. The summed E-state index contributed by atoms with van der Waals surface area (Å²) in [5.74, 6) is -0.629. The van der Waals surface area contributed by atoms with Crippen molar-refractivity contribution in [2.24, 2.45) is 0 Å². The van der Waals surface area contributed by atoms with Gasteiger partial charge in [-0.1, -0.05) is 0 Å². The summed E-state index contributed by atoms with van der Waals surface area (Å²) in [4.78, 5) is 27.1. The maximum atomic E-state index is 12.1. The SMILES string of the molecule is CNc1ccc(C(=O)OCc2csc(-c3ccsc3)n2)cc1[N+](=O)[O-]. The van der Waals surface area contributed by atoms with Crippen LogP contribution in [0.25, 0.3) is 10.6 Å². The number of hydrogen-bond acceptors (Lipinski definition) is 8. The number of hydrogen-bond donors (Lipinski definition) is 1. The largest absolute Gasteiger partial charge is 0.456 e. The molecule has 0 aliphatic rings. The minimum Gasteiger partial charge on any atom is -0.456 e. The van der Waals surface area contributed by atoms with E-state index in [4.69, 9.17) is 4.74 Å². The lowest BCUT2D eigenvalue weighted by Gasteiger charge is -2.05. The average molecular weight is 375 g/mol. The number of carbonyl (C=O) groups is 1. The molecule has 0 unspecified atom stereocenters. The summed E-state index contributed by atoms with van der Waals surface area (Å²) in [5.41, 5.74) is 1.96. The second-order valence-electron chi connectivity index (χ2n) is 4.97. The van der Waals surface area contributed by atoms with Crippen LogP contribution in [-0.2, 0) is 11.3 Å². The zero-order valence-corrected chi connectivity index (χ0v) is 14.7. The molecule has 3 aromatic rings. The molecule has 2 heterocycles. The minimum absolute atomic E-state index is 0.0149. The first-order chi connectivity index (χ1) is 12.1. The predicted octanol–water partition coefficient (Wildman–Crippen LogP) is 4.18. The summed E-state index contributed by atoms with van der Waals surface area (Å²) in [6.45, 7) is 0.0149. The number of thiazole rings is 1. The van der Waals surface area contributed by atoms with E-state index in [2.05, 4.69) is 10.3 Å². The monoisotopic (exact) mass is 375 g/mol. The third-order valence-corrected chi connectivity index (χ3v) is 4.99. The number of anilines is 1. The first kappa shape index (κ1) is 17.1. The summed E-state index contributed by atoms with van der Waals surface area (Å²) in [6, 6.07) is 6.14. The van der Waals surface area contributed by atoms with Gasteiger partial charge in [-0.3, -0.25) is 10.1 Å². The molecule has 0 aliphatic carbocycles. The predicted molar refractivity (Wildman–Crippen MR) is 97.2 cm³/mol. The number of nitrogens with one attached hydrogen (secondary N) is 1. The molecule has 0 radical (unpaired) electrons. The second kappa shape index (κ2) is 7.41. The van der Waals surface area contributed by atoms with Crippen LogP contribution in [-0.4, -0.2) is 22.9 Å². The molecule has 0 fully saturated rings. The molecule has 1 aromatic carbocycles. The second-order valence-corrected chi connectivity index (χ2v) is 6.61. The van der Waals surface area contributed by atoms with Crippen molar-refractivity contribution in [1.82, 2.24) is 4.98 Å². The molecule has 0 saturated carbocycles. The lowest BCUT2D eigenvalue weighted by atomic mass is 10.1. The van der Waals surface area contributed by atoms with Crippen LogP contribution in [0, 0.1) is 10.1 Å². The number of nitro benzene ring substituents is 1. The van der Waals surface area contributed by atoms with Crippen LogP contribution in [0.3, 0.4) is 0 Å². The maximum Gasteiger partial charge on any atom is 0.338 e. The third-order valence-electron chi connectivity index (χ3n) is 3.37. The highest BCUT2D eigenvalue weighted by Crippen LogP contribution is 2.27. The molecular formula is C16H13N3O4S2. The van der Waals surface area contributed by atoms with Crippen LogP contribution in [0.2, 0.25) is 0 Å².